The second-order valence-corrected chi connectivity index (χ2v) is 7.27. The fraction of sp³-hybridized carbons (Fsp3) is 0.409. The zero-order chi connectivity index (χ0) is 19.3. The van der Waals surface area contributed by atoms with Gasteiger partial charge in [-0.1, -0.05) is 25.1 Å². The van der Waals surface area contributed by atoms with Gasteiger partial charge in [0.25, 0.3) is 0 Å². The molecule has 2 aromatic heterocycles. The number of aromatic nitrogens is 3. The third-order valence-electron chi connectivity index (χ3n) is 5.20. The molecule has 146 valence electrons. The van der Waals surface area contributed by atoms with E-state index < -0.39 is 0 Å². The number of benzene rings is 1. The van der Waals surface area contributed by atoms with Crippen molar-refractivity contribution in [1.29, 1.82) is 0 Å². The van der Waals surface area contributed by atoms with Crippen molar-refractivity contribution in [3.63, 3.8) is 0 Å². The Labute approximate surface area is 166 Å². The average molecular weight is 377 g/mol. The zero-order valence-electron chi connectivity index (χ0n) is 16.6. The fourth-order valence-electron chi connectivity index (χ4n) is 3.62. The van der Waals surface area contributed by atoms with Gasteiger partial charge >= 0.3 is 0 Å². The van der Waals surface area contributed by atoms with E-state index >= 15 is 0 Å². The SMILES string of the molecule is CCc1cc(N2CCC(NCc3coc(-c4ccccc4)n3)CC2)nc(C)n1. The van der Waals surface area contributed by atoms with Gasteiger partial charge in [0, 0.05) is 43.0 Å². The highest BCUT2D eigenvalue weighted by molar-refractivity contribution is 5.52. The van der Waals surface area contributed by atoms with Crippen molar-refractivity contribution in [2.24, 2.45) is 0 Å². The van der Waals surface area contributed by atoms with Gasteiger partial charge in [-0.2, -0.15) is 0 Å². The van der Waals surface area contributed by atoms with Crippen LogP contribution < -0.4 is 10.2 Å². The van der Waals surface area contributed by atoms with E-state index in [1.54, 1.807) is 6.26 Å². The molecule has 6 nitrogen and oxygen atoms in total. The van der Waals surface area contributed by atoms with Crippen molar-refractivity contribution in [2.75, 3.05) is 18.0 Å². The van der Waals surface area contributed by atoms with Crippen LogP contribution in [0.15, 0.2) is 47.1 Å². The van der Waals surface area contributed by atoms with Crippen LogP contribution >= 0.6 is 0 Å². The standard InChI is InChI=1S/C22H27N5O/c1-3-18-13-21(25-16(2)24-18)27-11-9-19(10-12-27)23-14-20-15-28-22(26-20)17-7-5-4-6-8-17/h4-8,13,15,19,23H,3,9-12,14H2,1-2H3. The van der Waals surface area contributed by atoms with Gasteiger partial charge in [0.05, 0.1) is 5.69 Å². The molecular weight excluding hydrogens is 350 g/mol. The van der Waals surface area contributed by atoms with Gasteiger partial charge in [-0.3, -0.25) is 0 Å². The first-order chi connectivity index (χ1) is 13.7. The van der Waals surface area contributed by atoms with E-state index in [1.807, 2.05) is 37.3 Å². The Kier molecular flexibility index (Phi) is 5.67. The Morgan fingerprint density at radius 2 is 1.86 bits per heavy atom. The summed E-state index contributed by atoms with van der Waals surface area (Å²) in [5.41, 5.74) is 3.07. The van der Waals surface area contributed by atoms with E-state index in [1.165, 1.54) is 0 Å². The van der Waals surface area contributed by atoms with Crippen LogP contribution in [0.25, 0.3) is 11.5 Å². The van der Waals surface area contributed by atoms with Crippen molar-refractivity contribution >= 4 is 5.82 Å². The van der Waals surface area contributed by atoms with E-state index in [9.17, 15) is 0 Å². The van der Waals surface area contributed by atoms with Crippen LogP contribution in [-0.2, 0) is 13.0 Å². The maximum atomic E-state index is 5.62. The van der Waals surface area contributed by atoms with Crippen LogP contribution in [0, 0.1) is 6.92 Å². The minimum absolute atomic E-state index is 0.488. The van der Waals surface area contributed by atoms with Crippen molar-refractivity contribution in [1.82, 2.24) is 20.3 Å². The lowest BCUT2D eigenvalue weighted by Crippen LogP contribution is -2.42. The van der Waals surface area contributed by atoms with Crippen LogP contribution in [0.3, 0.4) is 0 Å². The number of rotatable bonds is 6. The molecule has 4 rings (SSSR count). The summed E-state index contributed by atoms with van der Waals surface area (Å²) in [6, 6.07) is 12.6. The second kappa shape index (κ2) is 8.52. The largest absolute Gasteiger partial charge is 0.444 e. The summed E-state index contributed by atoms with van der Waals surface area (Å²) < 4.78 is 5.62. The molecule has 1 aliphatic rings. The fourth-order valence-corrected chi connectivity index (χ4v) is 3.62. The predicted molar refractivity (Wildman–Crippen MR) is 110 cm³/mol. The molecule has 3 heterocycles. The van der Waals surface area contributed by atoms with Gasteiger partial charge in [0.15, 0.2) is 0 Å². The molecule has 0 atom stereocenters. The Balaban J connectivity index is 1.29. The zero-order valence-corrected chi connectivity index (χ0v) is 16.6. The van der Waals surface area contributed by atoms with Gasteiger partial charge in [0.1, 0.15) is 17.9 Å². The van der Waals surface area contributed by atoms with Crippen molar-refractivity contribution in [2.45, 2.75) is 45.7 Å². The molecule has 0 saturated carbocycles. The lowest BCUT2D eigenvalue weighted by atomic mass is 10.0. The van der Waals surface area contributed by atoms with Gasteiger partial charge in [0.2, 0.25) is 5.89 Å². The highest BCUT2D eigenvalue weighted by Gasteiger charge is 2.21. The molecule has 0 amide bonds. The smallest absolute Gasteiger partial charge is 0.226 e. The van der Waals surface area contributed by atoms with E-state index in [-0.39, 0.29) is 0 Å². The number of oxazole rings is 1. The van der Waals surface area contributed by atoms with Gasteiger partial charge in [-0.25, -0.2) is 15.0 Å². The second-order valence-electron chi connectivity index (χ2n) is 7.27. The van der Waals surface area contributed by atoms with E-state index in [2.05, 4.69) is 38.2 Å². The Hall–Kier alpha value is -2.73. The average Bonchev–Trinajstić information content (AvgIpc) is 3.22. The van der Waals surface area contributed by atoms with Crippen LogP contribution in [0.4, 0.5) is 5.82 Å². The van der Waals surface area contributed by atoms with Crippen LogP contribution in [0.5, 0.6) is 0 Å². The summed E-state index contributed by atoms with van der Waals surface area (Å²) in [4.78, 5) is 16.1. The lowest BCUT2D eigenvalue weighted by molar-refractivity contribution is 0.410. The molecular formula is C22H27N5O. The number of nitrogens with one attached hydrogen (secondary N) is 1. The Bertz CT molecular complexity index is 900. The molecule has 1 aromatic carbocycles. The molecule has 0 aliphatic carbocycles. The predicted octanol–water partition coefficient (Wildman–Crippen LogP) is 3.76. The molecule has 1 N–H and O–H groups in total. The van der Waals surface area contributed by atoms with E-state index in [0.717, 1.165) is 67.5 Å². The highest BCUT2D eigenvalue weighted by Crippen LogP contribution is 2.21. The first kappa shape index (κ1) is 18.6. The summed E-state index contributed by atoms with van der Waals surface area (Å²) in [6.45, 7) is 6.84. The molecule has 0 spiro atoms. The molecule has 1 saturated heterocycles. The van der Waals surface area contributed by atoms with E-state index in [0.29, 0.717) is 11.9 Å². The topological polar surface area (TPSA) is 67.1 Å². The number of aryl methyl sites for hydroxylation is 2. The molecule has 28 heavy (non-hydrogen) atoms. The van der Waals surface area contributed by atoms with Gasteiger partial charge in [-0.05, 0) is 38.3 Å². The van der Waals surface area contributed by atoms with E-state index in [4.69, 9.17) is 4.42 Å². The normalized spacial score (nSPS) is 15.1. The molecule has 0 bridgehead atoms. The third-order valence-corrected chi connectivity index (χ3v) is 5.20. The molecule has 0 radical (unpaired) electrons. The summed E-state index contributed by atoms with van der Waals surface area (Å²) in [5, 5.41) is 3.63. The van der Waals surface area contributed by atoms with Crippen LogP contribution in [-0.4, -0.2) is 34.1 Å². The summed E-state index contributed by atoms with van der Waals surface area (Å²) in [6.07, 6.45) is 4.87. The summed E-state index contributed by atoms with van der Waals surface area (Å²) in [5.74, 6) is 2.60. The van der Waals surface area contributed by atoms with Gasteiger partial charge < -0.3 is 14.6 Å². The Morgan fingerprint density at radius 1 is 1.07 bits per heavy atom. The lowest BCUT2D eigenvalue weighted by Gasteiger charge is -2.33. The maximum absolute atomic E-state index is 5.62. The number of hydrogen-bond acceptors (Lipinski definition) is 6. The monoisotopic (exact) mass is 377 g/mol. The highest BCUT2D eigenvalue weighted by atomic mass is 16.3. The van der Waals surface area contributed by atoms with Crippen molar-refractivity contribution in [3.05, 3.63) is 59.9 Å². The molecule has 1 aliphatic heterocycles. The van der Waals surface area contributed by atoms with Gasteiger partial charge in [-0.15, -0.1) is 0 Å². The minimum Gasteiger partial charge on any atom is -0.444 e. The first-order valence-corrected chi connectivity index (χ1v) is 10.0. The number of anilines is 1. The van der Waals surface area contributed by atoms with Crippen LogP contribution in [0.2, 0.25) is 0 Å². The number of hydrogen-bond donors (Lipinski definition) is 1. The minimum atomic E-state index is 0.488. The molecule has 3 aromatic rings. The summed E-state index contributed by atoms with van der Waals surface area (Å²) >= 11 is 0. The maximum Gasteiger partial charge on any atom is 0.226 e. The molecule has 0 unspecified atom stereocenters. The van der Waals surface area contributed by atoms with Crippen molar-refractivity contribution in [3.8, 4) is 11.5 Å². The van der Waals surface area contributed by atoms with Crippen molar-refractivity contribution < 1.29 is 4.42 Å². The third kappa shape index (κ3) is 4.39. The number of nitrogens with zero attached hydrogens (tertiary/aromatic N) is 4. The molecule has 1 fully saturated rings. The quantitative estimate of drug-likeness (QED) is 0.705. The number of piperidine rings is 1. The Morgan fingerprint density at radius 3 is 2.61 bits per heavy atom. The van der Waals surface area contributed by atoms with Crippen LogP contribution in [0.1, 0.15) is 37.0 Å². The summed E-state index contributed by atoms with van der Waals surface area (Å²) in [7, 11) is 0. The first-order valence-electron chi connectivity index (χ1n) is 10.0. The molecule has 6 heteroatoms.